The third-order valence-electron chi connectivity index (χ3n) is 2.60. The Labute approximate surface area is 87.4 Å². The molecule has 1 atom stereocenters. The lowest BCUT2D eigenvalue weighted by molar-refractivity contribution is -0.124. The van der Waals surface area contributed by atoms with Crippen LogP contribution in [0.25, 0.3) is 0 Å². The van der Waals surface area contributed by atoms with Gasteiger partial charge in [0.2, 0.25) is 5.91 Å². The first-order valence-corrected chi connectivity index (χ1v) is 6.02. The van der Waals surface area contributed by atoms with Gasteiger partial charge in [-0.25, -0.2) is 4.79 Å². The molecule has 2 aliphatic heterocycles. The molecule has 4 nitrogen and oxygen atoms in total. The first-order valence-electron chi connectivity index (χ1n) is 4.97. The second-order valence-corrected chi connectivity index (χ2v) is 5.06. The van der Waals surface area contributed by atoms with E-state index in [1.807, 2.05) is 11.8 Å². The Bertz CT molecular complexity index is 235. The zero-order valence-corrected chi connectivity index (χ0v) is 8.81. The number of hydrogen-bond acceptors (Lipinski definition) is 3. The molecule has 5 heteroatoms. The van der Waals surface area contributed by atoms with Crippen LogP contribution in [0.4, 0.5) is 4.79 Å². The fraction of sp³-hybridized carbons (Fsp3) is 0.778. The van der Waals surface area contributed by atoms with Gasteiger partial charge in [0.15, 0.2) is 0 Å². The highest BCUT2D eigenvalue weighted by atomic mass is 32.2. The van der Waals surface area contributed by atoms with Crippen LogP contribution in [0.15, 0.2) is 0 Å². The van der Waals surface area contributed by atoms with E-state index in [2.05, 4.69) is 5.32 Å². The standard InChI is InChI=1S/C9H14N2O2S/c12-8-5-10-9(13)11(8)6-7-3-1-2-4-14-7/h7H,1-6H2,(H,10,13). The van der Waals surface area contributed by atoms with E-state index >= 15 is 0 Å². The molecule has 0 aliphatic carbocycles. The Balaban J connectivity index is 1.89. The van der Waals surface area contributed by atoms with Gasteiger partial charge in [0, 0.05) is 11.8 Å². The van der Waals surface area contributed by atoms with Crippen molar-refractivity contribution in [1.29, 1.82) is 0 Å². The van der Waals surface area contributed by atoms with E-state index < -0.39 is 0 Å². The Hall–Kier alpha value is -0.710. The van der Waals surface area contributed by atoms with Gasteiger partial charge in [-0.2, -0.15) is 11.8 Å². The van der Waals surface area contributed by atoms with Crippen molar-refractivity contribution in [1.82, 2.24) is 10.2 Å². The van der Waals surface area contributed by atoms with E-state index in [1.165, 1.54) is 17.7 Å². The average Bonchev–Trinajstić information content (AvgIpc) is 2.51. The van der Waals surface area contributed by atoms with Crippen LogP contribution in [0, 0.1) is 0 Å². The van der Waals surface area contributed by atoms with Gasteiger partial charge in [-0.3, -0.25) is 9.69 Å². The number of urea groups is 1. The quantitative estimate of drug-likeness (QED) is 0.692. The van der Waals surface area contributed by atoms with E-state index in [0.29, 0.717) is 11.8 Å². The van der Waals surface area contributed by atoms with E-state index in [0.717, 1.165) is 12.2 Å². The number of carbonyl (C=O) groups is 2. The van der Waals surface area contributed by atoms with Crippen LogP contribution in [-0.4, -0.2) is 40.9 Å². The number of nitrogens with one attached hydrogen (secondary N) is 1. The molecule has 0 aromatic carbocycles. The average molecular weight is 214 g/mol. The van der Waals surface area contributed by atoms with Crippen LogP contribution in [0.3, 0.4) is 0 Å². The summed E-state index contributed by atoms with van der Waals surface area (Å²) >= 11 is 1.88. The summed E-state index contributed by atoms with van der Waals surface area (Å²) in [5.74, 6) is 1.08. The smallest absolute Gasteiger partial charge is 0.324 e. The fourth-order valence-corrected chi connectivity index (χ4v) is 3.09. The summed E-state index contributed by atoms with van der Waals surface area (Å²) in [5, 5.41) is 2.99. The summed E-state index contributed by atoms with van der Waals surface area (Å²) in [6, 6.07) is -0.221. The SMILES string of the molecule is O=C1CNC(=O)N1CC1CCCCS1. The highest BCUT2D eigenvalue weighted by molar-refractivity contribution is 7.99. The topological polar surface area (TPSA) is 49.4 Å². The van der Waals surface area contributed by atoms with Gasteiger partial charge in [-0.05, 0) is 18.6 Å². The molecule has 0 aromatic heterocycles. The van der Waals surface area contributed by atoms with Crippen LogP contribution in [0.1, 0.15) is 19.3 Å². The minimum Gasteiger partial charge on any atom is -0.329 e. The fourth-order valence-electron chi connectivity index (χ4n) is 1.80. The molecule has 2 aliphatic rings. The maximum Gasteiger partial charge on any atom is 0.324 e. The number of hydrogen-bond donors (Lipinski definition) is 1. The van der Waals surface area contributed by atoms with Crippen molar-refractivity contribution in [3.63, 3.8) is 0 Å². The molecule has 2 heterocycles. The zero-order chi connectivity index (χ0) is 9.97. The lowest BCUT2D eigenvalue weighted by Crippen LogP contribution is -2.37. The van der Waals surface area contributed by atoms with Crippen LogP contribution in [-0.2, 0) is 4.79 Å². The van der Waals surface area contributed by atoms with Crippen LogP contribution in [0.5, 0.6) is 0 Å². The van der Waals surface area contributed by atoms with Crippen LogP contribution in [0.2, 0.25) is 0 Å². The maximum absolute atomic E-state index is 11.3. The maximum atomic E-state index is 11.3. The molecule has 1 unspecified atom stereocenters. The summed E-state index contributed by atoms with van der Waals surface area (Å²) in [4.78, 5) is 23.9. The first kappa shape index (κ1) is 9.83. The molecule has 0 bridgehead atoms. The minimum absolute atomic E-state index is 0.0822. The van der Waals surface area contributed by atoms with E-state index in [4.69, 9.17) is 0 Å². The first-order chi connectivity index (χ1) is 6.77. The van der Waals surface area contributed by atoms with E-state index in [1.54, 1.807) is 0 Å². The Morgan fingerprint density at radius 2 is 2.29 bits per heavy atom. The molecular formula is C9H14N2O2S. The molecule has 0 spiro atoms. The van der Waals surface area contributed by atoms with Crippen molar-refractivity contribution in [2.45, 2.75) is 24.5 Å². The molecule has 3 amide bonds. The van der Waals surface area contributed by atoms with Crippen molar-refractivity contribution >= 4 is 23.7 Å². The highest BCUT2D eigenvalue weighted by Crippen LogP contribution is 2.26. The van der Waals surface area contributed by atoms with Gasteiger partial charge in [0.25, 0.3) is 0 Å². The van der Waals surface area contributed by atoms with Gasteiger partial charge in [0.05, 0.1) is 6.54 Å². The summed E-state index contributed by atoms with van der Waals surface area (Å²) < 4.78 is 0. The van der Waals surface area contributed by atoms with Crippen LogP contribution < -0.4 is 5.32 Å². The largest absolute Gasteiger partial charge is 0.329 e. The van der Waals surface area contributed by atoms with Crippen molar-refractivity contribution < 1.29 is 9.59 Å². The molecule has 1 N–H and O–H groups in total. The lowest BCUT2D eigenvalue weighted by atomic mass is 10.2. The number of amides is 3. The van der Waals surface area contributed by atoms with Gasteiger partial charge in [0.1, 0.15) is 0 Å². The second kappa shape index (κ2) is 4.21. The highest BCUT2D eigenvalue weighted by Gasteiger charge is 2.30. The van der Waals surface area contributed by atoms with E-state index in [9.17, 15) is 9.59 Å². The summed E-state index contributed by atoms with van der Waals surface area (Å²) in [7, 11) is 0. The third kappa shape index (κ3) is 2.03. The molecule has 0 saturated carbocycles. The molecule has 78 valence electrons. The Morgan fingerprint density at radius 1 is 1.43 bits per heavy atom. The van der Waals surface area contributed by atoms with Crippen molar-refractivity contribution in [2.75, 3.05) is 18.8 Å². The summed E-state index contributed by atoms with van der Waals surface area (Å²) in [6.45, 7) is 0.769. The second-order valence-electron chi connectivity index (χ2n) is 3.65. The van der Waals surface area contributed by atoms with Gasteiger partial charge >= 0.3 is 6.03 Å². The number of imide groups is 1. The van der Waals surface area contributed by atoms with Gasteiger partial charge < -0.3 is 5.32 Å². The zero-order valence-electron chi connectivity index (χ0n) is 7.99. The van der Waals surface area contributed by atoms with Gasteiger partial charge in [-0.15, -0.1) is 0 Å². The molecule has 2 rings (SSSR count). The van der Waals surface area contributed by atoms with Gasteiger partial charge in [-0.1, -0.05) is 6.42 Å². The predicted octanol–water partition coefficient (Wildman–Crippen LogP) is 0.824. The van der Waals surface area contributed by atoms with Crippen molar-refractivity contribution in [3.05, 3.63) is 0 Å². The number of carbonyl (C=O) groups excluding carboxylic acids is 2. The summed E-state index contributed by atoms with van der Waals surface area (Å²) in [6.07, 6.45) is 3.62. The third-order valence-corrected chi connectivity index (χ3v) is 3.98. The van der Waals surface area contributed by atoms with Crippen molar-refractivity contribution in [2.24, 2.45) is 0 Å². The van der Waals surface area contributed by atoms with E-state index in [-0.39, 0.29) is 18.5 Å². The molecule has 0 aromatic rings. The number of nitrogens with zero attached hydrogens (tertiary/aromatic N) is 1. The number of rotatable bonds is 2. The molecule has 2 saturated heterocycles. The minimum atomic E-state index is -0.221. The monoisotopic (exact) mass is 214 g/mol. The van der Waals surface area contributed by atoms with Crippen LogP contribution >= 0.6 is 11.8 Å². The Kier molecular flexibility index (Phi) is 2.96. The molecule has 14 heavy (non-hydrogen) atoms. The Morgan fingerprint density at radius 3 is 2.86 bits per heavy atom. The predicted molar refractivity (Wildman–Crippen MR) is 55.2 cm³/mol. The van der Waals surface area contributed by atoms with Crippen molar-refractivity contribution in [3.8, 4) is 0 Å². The molecular weight excluding hydrogens is 200 g/mol. The summed E-state index contributed by atoms with van der Waals surface area (Å²) in [5.41, 5.74) is 0. The molecule has 2 fully saturated rings. The lowest BCUT2D eigenvalue weighted by Gasteiger charge is -2.24. The molecule has 0 radical (unpaired) electrons. The number of thioether (sulfide) groups is 1. The normalized spacial score (nSPS) is 28.0.